The van der Waals surface area contributed by atoms with Gasteiger partial charge in [-0.1, -0.05) is 13.8 Å². The molecule has 1 aromatic carbocycles. The first-order valence-electron chi connectivity index (χ1n) is 7.16. The first-order chi connectivity index (χ1) is 9.46. The van der Waals surface area contributed by atoms with Crippen molar-refractivity contribution in [2.24, 2.45) is 5.41 Å². The molecular weight excluding hydrogens is 254 g/mol. The lowest BCUT2D eigenvalue weighted by Gasteiger charge is -2.19. The Kier molecular flexibility index (Phi) is 4.21. The minimum atomic E-state index is -0.0257. The van der Waals surface area contributed by atoms with Gasteiger partial charge in [-0.2, -0.15) is 0 Å². The van der Waals surface area contributed by atoms with Gasteiger partial charge in [0, 0.05) is 24.1 Å². The van der Waals surface area contributed by atoms with Gasteiger partial charge < -0.3 is 14.4 Å². The number of amides is 1. The van der Waals surface area contributed by atoms with Gasteiger partial charge in [-0.25, -0.2) is 0 Å². The largest absolute Gasteiger partial charge is 0.489 e. The number of fused-ring (bicyclic) bond motifs is 1. The molecule has 0 fully saturated rings. The minimum absolute atomic E-state index is 0.0257. The highest BCUT2D eigenvalue weighted by Crippen LogP contribution is 2.34. The van der Waals surface area contributed by atoms with Crippen molar-refractivity contribution in [3.63, 3.8) is 0 Å². The number of hydrogen-bond acceptors (Lipinski definition) is 3. The Morgan fingerprint density at radius 1 is 1.15 bits per heavy atom. The number of ether oxygens (including phenoxy) is 2. The van der Waals surface area contributed by atoms with Crippen LogP contribution in [0.1, 0.15) is 38.1 Å². The van der Waals surface area contributed by atoms with E-state index in [1.165, 1.54) is 0 Å². The highest BCUT2D eigenvalue weighted by atomic mass is 16.5. The SMILES string of the molecule is CCN(CC)C(=O)c1ccc2c(c1)OCC(C)(C)CO2. The second kappa shape index (κ2) is 5.73. The monoisotopic (exact) mass is 277 g/mol. The summed E-state index contributed by atoms with van der Waals surface area (Å²) in [5.41, 5.74) is 0.623. The molecule has 1 aromatic rings. The van der Waals surface area contributed by atoms with Crippen LogP contribution in [-0.2, 0) is 0 Å². The van der Waals surface area contributed by atoms with Gasteiger partial charge in [0.2, 0.25) is 0 Å². The Morgan fingerprint density at radius 3 is 2.35 bits per heavy atom. The molecule has 0 saturated carbocycles. The van der Waals surface area contributed by atoms with Gasteiger partial charge in [0.15, 0.2) is 11.5 Å². The molecule has 1 aliphatic heterocycles. The Labute approximate surface area is 120 Å². The van der Waals surface area contributed by atoms with E-state index >= 15 is 0 Å². The molecule has 0 aliphatic carbocycles. The van der Waals surface area contributed by atoms with Gasteiger partial charge >= 0.3 is 0 Å². The van der Waals surface area contributed by atoms with E-state index in [0.29, 0.717) is 43.4 Å². The zero-order valence-corrected chi connectivity index (χ0v) is 12.7. The summed E-state index contributed by atoms with van der Waals surface area (Å²) in [7, 11) is 0. The van der Waals surface area contributed by atoms with Crippen LogP contribution < -0.4 is 9.47 Å². The Hall–Kier alpha value is -1.71. The molecule has 1 amide bonds. The Balaban J connectivity index is 2.25. The molecule has 2 rings (SSSR count). The van der Waals surface area contributed by atoms with Gasteiger partial charge in [-0.3, -0.25) is 4.79 Å². The van der Waals surface area contributed by atoms with E-state index in [0.717, 1.165) is 0 Å². The summed E-state index contributed by atoms with van der Waals surface area (Å²) in [6.45, 7) is 10.8. The summed E-state index contributed by atoms with van der Waals surface area (Å²) >= 11 is 0. The van der Waals surface area contributed by atoms with Crippen molar-refractivity contribution in [1.29, 1.82) is 0 Å². The van der Waals surface area contributed by atoms with Crippen molar-refractivity contribution in [2.75, 3.05) is 26.3 Å². The summed E-state index contributed by atoms with van der Waals surface area (Å²) in [5.74, 6) is 1.41. The van der Waals surface area contributed by atoms with E-state index in [4.69, 9.17) is 9.47 Å². The van der Waals surface area contributed by atoms with Crippen LogP contribution in [0.2, 0.25) is 0 Å². The number of nitrogens with zero attached hydrogens (tertiary/aromatic N) is 1. The van der Waals surface area contributed by atoms with Gasteiger partial charge in [0.05, 0.1) is 13.2 Å². The molecule has 0 saturated heterocycles. The molecule has 0 radical (unpaired) electrons. The first kappa shape index (κ1) is 14.7. The van der Waals surface area contributed by atoms with Gasteiger partial charge in [-0.05, 0) is 32.0 Å². The van der Waals surface area contributed by atoms with Crippen molar-refractivity contribution < 1.29 is 14.3 Å². The summed E-state index contributed by atoms with van der Waals surface area (Å²) in [4.78, 5) is 14.1. The van der Waals surface area contributed by atoms with E-state index in [1.807, 2.05) is 19.9 Å². The van der Waals surface area contributed by atoms with Crippen LogP contribution >= 0.6 is 0 Å². The summed E-state index contributed by atoms with van der Waals surface area (Å²) in [6, 6.07) is 5.42. The number of rotatable bonds is 3. The third kappa shape index (κ3) is 3.06. The minimum Gasteiger partial charge on any atom is -0.489 e. The lowest BCUT2D eigenvalue weighted by atomic mass is 9.97. The fraction of sp³-hybridized carbons (Fsp3) is 0.562. The van der Waals surface area contributed by atoms with Crippen LogP contribution in [-0.4, -0.2) is 37.1 Å². The van der Waals surface area contributed by atoms with Crippen molar-refractivity contribution in [3.8, 4) is 11.5 Å². The Morgan fingerprint density at radius 2 is 1.75 bits per heavy atom. The van der Waals surface area contributed by atoms with Crippen LogP contribution in [0.5, 0.6) is 11.5 Å². The summed E-state index contributed by atoms with van der Waals surface area (Å²) in [5, 5.41) is 0. The molecule has 0 atom stereocenters. The molecule has 0 spiro atoms. The topological polar surface area (TPSA) is 38.8 Å². The van der Waals surface area contributed by atoms with Gasteiger partial charge in [0.1, 0.15) is 0 Å². The van der Waals surface area contributed by atoms with Gasteiger partial charge in [0.25, 0.3) is 5.91 Å². The second-order valence-electron chi connectivity index (χ2n) is 5.88. The fourth-order valence-electron chi connectivity index (χ4n) is 2.15. The van der Waals surface area contributed by atoms with Crippen LogP contribution in [0.15, 0.2) is 18.2 Å². The molecule has 0 unspecified atom stereocenters. The van der Waals surface area contributed by atoms with E-state index in [-0.39, 0.29) is 11.3 Å². The van der Waals surface area contributed by atoms with E-state index in [9.17, 15) is 4.79 Å². The van der Waals surface area contributed by atoms with Crippen LogP contribution in [0, 0.1) is 5.41 Å². The van der Waals surface area contributed by atoms with E-state index in [1.54, 1.807) is 17.0 Å². The number of benzene rings is 1. The average Bonchev–Trinajstić information content (AvgIpc) is 2.59. The number of carbonyl (C=O) groups is 1. The van der Waals surface area contributed by atoms with Crippen molar-refractivity contribution in [3.05, 3.63) is 23.8 Å². The molecule has 1 aliphatic rings. The predicted octanol–water partition coefficient (Wildman–Crippen LogP) is 2.97. The average molecular weight is 277 g/mol. The van der Waals surface area contributed by atoms with Crippen molar-refractivity contribution in [2.45, 2.75) is 27.7 Å². The molecule has 4 heteroatoms. The second-order valence-corrected chi connectivity index (χ2v) is 5.88. The lowest BCUT2D eigenvalue weighted by Crippen LogP contribution is -2.30. The highest BCUT2D eigenvalue weighted by molar-refractivity contribution is 5.94. The molecule has 20 heavy (non-hydrogen) atoms. The van der Waals surface area contributed by atoms with Crippen molar-refractivity contribution in [1.82, 2.24) is 4.90 Å². The van der Waals surface area contributed by atoms with Crippen molar-refractivity contribution >= 4 is 5.91 Å². The lowest BCUT2D eigenvalue weighted by molar-refractivity contribution is 0.0772. The van der Waals surface area contributed by atoms with Crippen LogP contribution in [0.25, 0.3) is 0 Å². The smallest absolute Gasteiger partial charge is 0.253 e. The zero-order valence-electron chi connectivity index (χ0n) is 12.7. The molecule has 0 aromatic heterocycles. The quantitative estimate of drug-likeness (QED) is 0.852. The summed E-state index contributed by atoms with van der Waals surface area (Å²) in [6.07, 6.45) is 0. The standard InChI is InChI=1S/C16H23NO3/c1-5-17(6-2)15(18)12-7-8-13-14(9-12)20-11-16(3,4)10-19-13/h7-9H,5-6,10-11H2,1-4H3. The van der Waals surface area contributed by atoms with Crippen LogP contribution in [0.4, 0.5) is 0 Å². The maximum Gasteiger partial charge on any atom is 0.253 e. The molecule has 0 N–H and O–H groups in total. The predicted molar refractivity (Wildman–Crippen MR) is 78.5 cm³/mol. The molecular formula is C16H23NO3. The molecule has 4 nitrogen and oxygen atoms in total. The third-order valence-corrected chi connectivity index (χ3v) is 3.48. The maximum atomic E-state index is 12.3. The number of carbonyl (C=O) groups excluding carboxylic acids is 1. The first-order valence-corrected chi connectivity index (χ1v) is 7.16. The normalized spacial score (nSPS) is 16.4. The van der Waals surface area contributed by atoms with Gasteiger partial charge in [-0.15, -0.1) is 0 Å². The van der Waals surface area contributed by atoms with E-state index in [2.05, 4.69) is 13.8 Å². The zero-order chi connectivity index (χ0) is 14.8. The molecule has 0 bridgehead atoms. The third-order valence-electron chi connectivity index (χ3n) is 3.48. The molecule has 110 valence electrons. The maximum absolute atomic E-state index is 12.3. The Bertz CT molecular complexity index is 492. The highest BCUT2D eigenvalue weighted by Gasteiger charge is 2.26. The van der Waals surface area contributed by atoms with E-state index < -0.39 is 0 Å². The van der Waals surface area contributed by atoms with Crippen LogP contribution in [0.3, 0.4) is 0 Å². The number of hydrogen-bond donors (Lipinski definition) is 0. The molecule has 1 heterocycles. The fourth-order valence-corrected chi connectivity index (χ4v) is 2.15. The summed E-state index contributed by atoms with van der Waals surface area (Å²) < 4.78 is 11.6.